The second-order valence-electron chi connectivity index (χ2n) is 4.62. The fourth-order valence-electron chi connectivity index (χ4n) is 2.13. The third-order valence-electron chi connectivity index (χ3n) is 3.40. The smallest absolute Gasteiger partial charge is 0.322 e. The van der Waals surface area contributed by atoms with Gasteiger partial charge in [-0.1, -0.05) is 0 Å². The molecule has 0 unspecified atom stereocenters. The number of methoxy groups -OCH3 is 2. The van der Waals surface area contributed by atoms with E-state index in [-0.39, 0.29) is 6.03 Å². The average Bonchev–Trinajstić information content (AvgIpc) is 2.55. The van der Waals surface area contributed by atoms with Crippen molar-refractivity contribution in [2.75, 3.05) is 45.7 Å². The van der Waals surface area contributed by atoms with Crippen molar-refractivity contribution in [3.8, 4) is 11.5 Å². The molecule has 1 aromatic rings. The topological polar surface area (TPSA) is 71.1 Å². The number of nitrogens with one attached hydrogen (secondary N) is 1. The van der Waals surface area contributed by atoms with Gasteiger partial charge in [-0.3, -0.25) is 4.79 Å². The molecule has 0 aliphatic carbocycles. The number of ether oxygens (including phenoxy) is 2. The number of carbonyl (C=O) groups excluding carboxylic acids is 2. The molecule has 7 nitrogen and oxygen atoms in total. The molecule has 0 bridgehead atoms. The number of carbonyl (C=O) groups is 2. The van der Waals surface area contributed by atoms with E-state index in [0.717, 1.165) is 6.41 Å². The summed E-state index contributed by atoms with van der Waals surface area (Å²) in [5.41, 5.74) is 0.584. The van der Waals surface area contributed by atoms with Crippen LogP contribution in [0.2, 0.25) is 0 Å². The number of hydrogen-bond acceptors (Lipinski definition) is 4. The zero-order valence-corrected chi connectivity index (χ0v) is 12.2. The second-order valence-corrected chi connectivity index (χ2v) is 4.62. The first-order valence-electron chi connectivity index (χ1n) is 6.65. The molecule has 1 saturated heterocycles. The van der Waals surface area contributed by atoms with Gasteiger partial charge in [-0.2, -0.15) is 0 Å². The molecule has 1 N–H and O–H groups in total. The fourth-order valence-corrected chi connectivity index (χ4v) is 2.13. The van der Waals surface area contributed by atoms with E-state index in [1.165, 1.54) is 7.11 Å². The Bertz CT molecular complexity index is 513. The maximum Gasteiger partial charge on any atom is 0.322 e. The molecule has 2 rings (SSSR count). The molecule has 1 aliphatic rings. The van der Waals surface area contributed by atoms with Gasteiger partial charge in [0.1, 0.15) is 11.5 Å². The molecule has 21 heavy (non-hydrogen) atoms. The van der Waals surface area contributed by atoms with Crippen LogP contribution < -0.4 is 14.8 Å². The van der Waals surface area contributed by atoms with Crippen LogP contribution in [0.1, 0.15) is 0 Å². The molecule has 0 radical (unpaired) electrons. The van der Waals surface area contributed by atoms with E-state index < -0.39 is 0 Å². The lowest BCUT2D eigenvalue weighted by atomic mass is 10.2. The molecule has 1 heterocycles. The molecule has 3 amide bonds. The minimum absolute atomic E-state index is 0.205. The minimum Gasteiger partial charge on any atom is -0.497 e. The van der Waals surface area contributed by atoms with Crippen LogP contribution in [0, 0.1) is 0 Å². The Balaban J connectivity index is 2.01. The normalized spacial score (nSPS) is 14.6. The Morgan fingerprint density at radius 2 is 1.90 bits per heavy atom. The highest BCUT2D eigenvalue weighted by Crippen LogP contribution is 2.29. The lowest BCUT2D eigenvalue weighted by molar-refractivity contribution is -0.119. The van der Waals surface area contributed by atoms with Gasteiger partial charge in [-0.25, -0.2) is 4.79 Å². The Labute approximate surface area is 123 Å². The SMILES string of the molecule is COc1ccc(NC(=O)N2CCN(C=O)CC2)c(OC)c1. The van der Waals surface area contributed by atoms with E-state index in [0.29, 0.717) is 43.4 Å². The monoisotopic (exact) mass is 293 g/mol. The molecule has 7 heteroatoms. The van der Waals surface area contributed by atoms with Gasteiger partial charge in [-0.05, 0) is 12.1 Å². The second kappa shape index (κ2) is 6.83. The van der Waals surface area contributed by atoms with Crippen LogP contribution in [-0.4, -0.2) is 62.6 Å². The maximum absolute atomic E-state index is 12.2. The van der Waals surface area contributed by atoms with Crippen molar-refractivity contribution in [2.24, 2.45) is 0 Å². The molecule has 0 saturated carbocycles. The molecule has 0 aromatic heterocycles. The van der Waals surface area contributed by atoms with E-state index in [9.17, 15) is 9.59 Å². The highest BCUT2D eigenvalue weighted by Gasteiger charge is 2.21. The molecule has 1 fully saturated rings. The van der Waals surface area contributed by atoms with Crippen LogP contribution in [0.15, 0.2) is 18.2 Å². The van der Waals surface area contributed by atoms with Crippen LogP contribution >= 0.6 is 0 Å². The molecule has 1 aliphatic heterocycles. The van der Waals surface area contributed by atoms with Crippen LogP contribution in [-0.2, 0) is 4.79 Å². The highest BCUT2D eigenvalue weighted by atomic mass is 16.5. The third kappa shape index (κ3) is 3.56. The lowest BCUT2D eigenvalue weighted by Gasteiger charge is -2.32. The van der Waals surface area contributed by atoms with Gasteiger partial charge in [0.2, 0.25) is 6.41 Å². The molecule has 1 aromatic carbocycles. The maximum atomic E-state index is 12.2. The summed E-state index contributed by atoms with van der Waals surface area (Å²) in [4.78, 5) is 26.2. The first-order chi connectivity index (χ1) is 10.2. The number of hydrogen-bond donors (Lipinski definition) is 1. The Morgan fingerprint density at radius 3 is 2.48 bits per heavy atom. The van der Waals surface area contributed by atoms with E-state index in [1.807, 2.05) is 0 Å². The summed E-state index contributed by atoms with van der Waals surface area (Å²) in [5.74, 6) is 1.19. The zero-order valence-electron chi connectivity index (χ0n) is 12.2. The summed E-state index contributed by atoms with van der Waals surface area (Å²) in [6.07, 6.45) is 0.807. The van der Waals surface area contributed by atoms with Crippen molar-refractivity contribution < 1.29 is 19.1 Å². The summed E-state index contributed by atoms with van der Waals surface area (Å²) in [5, 5.41) is 2.81. The van der Waals surface area contributed by atoms with Crippen LogP contribution in [0.3, 0.4) is 0 Å². The number of amides is 3. The third-order valence-corrected chi connectivity index (χ3v) is 3.40. The molecular weight excluding hydrogens is 274 g/mol. The molecule has 0 atom stereocenters. The largest absolute Gasteiger partial charge is 0.497 e. The van der Waals surface area contributed by atoms with E-state index >= 15 is 0 Å². The molecule has 114 valence electrons. The minimum atomic E-state index is -0.205. The van der Waals surface area contributed by atoms with E-state index in [4.69, 9.17) is 9.47 Å². The van der Waals surface area contributed by atoms with Crippen LogP contribution in [0.5, 0.6) is 11.5 Å². The number of rotatable bonds is 4. The van der Waals surface area contributed by atoms with Crippen molar-refractivity contribution in [1.82, 2.24) is 9.80 Å². The van der Waals surface area contributed by atoms with E-state index in [2.05, 4.69) is 5.32 Å². The summed E-state index contributed by atoms with van der Waals surface area (Å²) in [6.45, 7) is 2.14. The van der Waals surface area contributed by atoms with Crippen molar-refractivity contribution in [3.63, 3.8) is 0 Å². The Hall–Kier alpha value is -2.44. The van der Waals surface area contributed by atoms with Crippen molar-refractivity contribution in [3.05, 3.63) is 18.2 Å². The highest BCUT2D eigenvalue weighted by molar-refractivity contribution is 5.91. The van der Waals surface area contributed by atoms with Gasteiger partial charge >= 0.3 is 6.03 Å². The van der Waals surface area contributed by atoms with Gasteiger partial charge in [0.05, 0.1) is 19.9 Å². The standard InChI is InChI=1S/C14H19N3O4/c1-20-11-3-4-12(13(9-11)21-2)15-14(19)17-7-5-16(10-18)6-8-17/h3-4,9-10H,5-8H2,1-2H3,(H,15,19). The number of anilines is 1. The predicted octanol–water partition coefficient (Wildman–Crippen LogP) is 1.01. The van der Waals surface area contributed by atoms with Gasteiger partial charge < -0.3 is 24.6 Å². The van der Waals surface area contributed by atoms with Gasteiger partial charge in [-0.15, -0.1) is 0 Å². The zero-order chi connectivity index (χ0) is 15.2. The van der Waals surface area contributed by atoms with Gasteiger partial charge in [0.25, 0.3) is 0 Å². The van der Waals surface area contributed by atoms with Crippen molar-refractivity contribution in [1.29, 1.82) is 0 Å². The Morgan fingerprint density at radius 1 is 1.19 bits per heavy atom. The summed E-state index contributed by atoms with van der Waals surface area (Å²) >= 11 is 0. The van der Waals surface area contributed by atoms with Crippen LogP contribution in [0.25, 0.3) is 0 Å². The summed E-state index contributed by atoms with van der Waals surface area (Å²) < 4.78 is 10.4. The summed E-state index contributed by atoms with van der Waals surface area (Å²) in [7, 11) is 3.10. The summed E-state index contributed by atoms with van der Waals surface area (Å²) in [6, 6.07) is 4.99. The van der Waals surface area contributed by atoms with Crippen LogP contribution in [0.4, 0.5) is 10.5 Å². The lowest BCUT2D eigenvalue weighted by Crippen LogP contribution is -2.49. The number of benzene rings is 1. The van der Waals surface area contributed by atoms with E-state index in [1.54, 1.807) is 35.1 Å². The van der Waals surface area contributed by atoms with Gasteiger partial charge in [0, 0.05) is 32.2 Å². The quantitative estimate of drug-likeness (QED) is 0.841. The fraction of sp³-hybridized carbons (Fsp3) is 0.429. The molecular formula is C14H19N3O4. The number of urea groups is 1. The number of nitrogens with zero attached hydrogens (tertiary/aromatic N) is 2. The first-order valence-corrected chi connectivity index (χ1v) is 6.65. The Kier molecular flexibility index (Phi) is 4.86. The number of piperazine rings is 1. The average molecular weight is 293 g/mol. The molecule has 0 spiro atoms. The first kappa shape index (κ1) is 15.0. The van der Waals surface area contributed by atoms with Crippen molar-refractivity contribution in [2.45, 2.75) is 0 Å². The van der Waals surface area contributed by atoms with Crippen molar-refractivity contribution >= 4 is 18.1 Å². The van der Waals surface area contributed by atoms with Gasteiger partial charge in [0.15, 0.2) is 0 Å². The predicted molar refractivity (Wildman–Crippen MR) is 77.8 cm³/mol.